The van der Waals surface area contributed by atoms with Gasteiger partial charge in [0.15, 0.2) is 5.96 Å². The van der Waals surface area contributed by atoms with Gasteiger partial charge in [0, 0.05) is 45.4 Å². The van der Waals surface area contributed by atoms with Crippen molar-refractivity contribution in [3.8, 4) is 5.75 Å². The summed E-state index contributed by atoms with van der Waals surface area (Å²) in [6.45, 7) is 2.97. The molecule has 6 heteroatoms. The van der Waals surface area contributed by atoms with Gasteiger partial charge in [0.25, 0.3) is 0 Å². The molecule has 0 aromatic heterocycles. The Kier molecular flexibility index (Phi) is 7.67. The standard InChI is InChI=1S/C21H28N4O2/c1-16(26)24-19-11-9-17(10-12-19)13-14-23-21(22-2)25(3)15-18-7-5-6-8-20(18)27-4/h5-12H,13-15H2,1-4H3,(H,22,23)(H,24,26). The maximum absolute atomic E-state index is 11.1. The lowest BCUT2D eigenvalue weighted by molar-refractivity contribution is -0.114. The van der Waals surface area contributed by atoms with E-state index in [1.54, 1.807) is 14.2 Å². The summed E-state index contributed by atoms with van der Waals surface area (Å²) in [5, 5.41) is 6.16. The Hall–Kier alpha value is -3.02. The van der Waals surface area contributed by atoms with Crippen LogP contribution in [0.1, 0.15) is 18.1 Å². The summed E-state index contributed by atoms with van der Waals surface area (Å²) in [5.41, 5.74) is 3.12. The van der Waals surface area contributed by atoms with Crippen LogP contribution in [-0.2, 0) is 17.8 Å². The maximum atomic E-state index is 11.1. The third kappa shape index (κ3) is 6.33. The quantitative estimate of drug-likeness (QED) is 0.583. The number of methoxy groups -OCH3 is 1. The van der Waals surface area contributed by atoms with E-state index in [4.69, 9.17) is 4.74 Å². The first kappa shape index (κ1) is 20.3. The Morgan fingerprint density at radius 2 is 1.85 bits per heavy atom. The van der Waals surface area contributed by atoms with E-state index in [2.05, 4.69) is 26.6 Å². The van der Waals surface area contributed by atoms with Gasteiger partial charge in [0.1, 0.15) is 5.75 Å². The minimum atomic E-state index is -0.0636. The summed E-state index contributed by atoms with van der Waals surface area (Å²) in [5.74, 6) is 1.64. The number of nitrogens with one attached hydrogen (secondary N) is 2. The molecule has 2 aromatic carbocycles. The summed E-state index contributed by atoms with van der Waals surface area (Å²) in [7, 11) is 5.47. The van der Waals surface area contributed by atoms with Crippen LogP contribution in [0.2, 0.25) is 0 Å². The molecule has 0 heterocycles. The monoisotopic (exact) mass is 368 g/mol. The van der Waals surface area contributed by atoms with Crippen molar-refractivity contribution < 1.29 is 9.53 Å². The molecule has 144 valence electrons. The smallest absolute Gasteiger partial charge is 0.221 e. The van der Waals surface area contributed by atoms with Crippen LogP contribution in [0.4, 0.5) is 5.69 Å². The highest BCUT2D eigenvalue weighted by Gasteiger charge is 2.09. The highest BCUT2D eigenvalue weighted by atomic mass is 16.5. The van der Waals surface area contributed by atoms with Gasteiger partial charge in [-0.1, -0.05) is 30.3 Å². The Morgan fingerprint density at radius 1 is 1.15 bits per heavy atom. The molecule has 0 aliphatic carbocycles. The van der Waals surface area contributed by atoms with Crippen molar-refractivity contribution in [2.75, 3.05) is 33.1 Å². The van der Waals surface area contributed by atoms with E-state index in [9.17, 15) is 4.79 Å². The van der Waals surface area contributed by atoms with Crippen LogP contribution >= 0.6 is 0 Å². The highest BCUT2D eigenvalue weighted by Crippen LogP contribution is 2.18. The van der Waals surface area contributed by atoms with Gasteiger partial charge in [-0.05, 0) is 30.2 Å². The average molecular weight is 368 g/mol. The number of guanidine groups is 1. The number of rotatable bonds is 7. The number of benzene rings is 2. The number of hydrogen-bond acceptors (Lipinski definition) is 3. The van der Waals surface area contributed by atoms with Crippen molar-refractivity contribution >= 4 is 17.6 Å². The van der Waals surface area contributed by atoms with E-state index >= 15 is 0 Å². The van der Waals surface area contributed by atoms with Crippen LogP contribution in [0.5, 0.6) is 5.75 Å². The number of para-hydroxylation sites is 1. The van der Waals surface area contributed by atoms with Crippen LogP contribution in [0.15, 0.2) is 53.5 Å². The van der Waals surface area contributed by atoms with Crippen molar-refractivity contribution in [2.24, 2.45) is 4.99 Å². The SMILES string of the molecule is CN=C(NCCc1ccc(NC(C)=O)cc1)N(C)Cc1ccccc1OC. The number of ether oxygens (including phenoxy) is 1. The Balaban J connectivity index is 1.86. The second-order valence-corrected chi connectivity index (χ2v) is 6.27. The zero-order chi connectivity index (χ0) is 19.6. The molecule has 0 saturated heterocycles. The van der Waals surface area contributed by atoms with Gasteiger partial charge in [-0.2, -0.15) is 0 Å². The van der Waals surface area contributed by atoms with Crippen molar-refractivity contribution in [2.45, 2.75) is 19.9 Å². The lowest BCUT2D eigenvalue weighted by Gasteiger charge is -2.23. The molecule has 0 aliphatic rings. The summed E-state index contributed by atoms with van der Waals surface area (Å²) < 4.78 is 5.42. The predicted molar refractivity (Wildman–Crippen MR) is 110 cm³/mol. The largest absolute Gasteiger partial charge is 0.496 e. The maximum Gasteiger partial charge on any atom is 0.221 e. The fourth-order valence-corrected chi connectivity index (χ4v) is 2.83. The molecule has 0 atom stereocenters. The predicted octanol–water partition coefficient (Wildman–Crippen LogP) is 2.90. The van der Waals surface area contributed by atoms with Crippen LogP contribution in [0.3, 0.4) is 0 Å². The molecule has 0 fully saturated rings. The van der Waals surface area contributed by atoms with Crippen molar-refractivity contribution in [3.05, 3.63) is 59.7 Å². The van der Waals surface area contributed by atoms with Crippen molar-refractivity contribution in [3.63, 3.8) is 0 Å². The summed E-state index contributed by atoms with van der Waals surface area (Å²) in [6, 6.07) is 15.9. The number of aliphatic imine (C=N–C) groups is 1. The van der Waals surface area contributed by atoms with Crippen molar-refractivity contribution in [1.82, 2.24) is 10.2 Å². The molecule has 1 amide bonds. The first-order chi connectivity index (χ1) is 13.0. The Labute approximate surface area is 161 Å². The molecule has 0 spiro atoms. The molecule has 6 nitrogen and oxygen atoms in total. The van der Waals surface area contributed by atoms with E-state index in [-0.39, 0.29) is 5.91 Å². The van der Waals surface area contributed by atoms with E-state index in [0.717, 1.165) is 35.9 Å². The summed E-state index contributed by atoms with van der Waals surface area (Å²) >= 11 is 0. The number of hydrogen-bond donors (Lipinski definition) is 2. The van der Waals surface area contributed by atoms with Crippen LogP contribution in [-0.4, -0.2) is 44.5 Å². The molecular formula is C21H28N4O2. The second kappa shape index (κ2) is 10.2. The lowest BCUT2D eigenvalue weighted by Crippen LogP contribution is -2.39. The molecule has 0 saturated carbocycles. The lowest BCUT2D eigenvalue weighted by atomic mass is 10.1. The summed E-state index contributed by atoms with van der Waals surface area (Å²) in [4.78, 5) is 17.5. The number of amides is 1. The van der Waals surface area contributed by atoms with Crippen LogP contribution in [0, 0.1) is 0 Å². The van der Waals surface area contributed by atoms with Gasteiger partial charge in [-0.25, -0.2) is 0 Å². The topological polar surface area (TPSA) is 66.0 Å². The molecular weight excluding hydrogens is 340 g/mol. The van der Waals surface area contributed by atoms with E-state index in [0.29, 0.717) is 6.54 Å². The van der Waals surface area contributed by atoms with Crippen LogP contribution < -0.4 is 15.4 Å². The normalized spacial score (nSPS) is 11.0. The summed E-state index contributed by atoms with van der Waals surface area (Å²) in [6.07, 6.45) is 0.863. The first-order valence-corrected chi connectivity index (χ1v) is 8.93. The number of anilines is 1. The molecule has 2 N–H and O–H groups in total. The molecule has 27 heavy (non-hydrogen) atoms. The highest BCUT2D eigenvalue weighted by molar-refractivity contribution is 5.88. The molecule has 2 rings (SSSR count). The Morgan fingerprint density at radius 3 is 2.48 bits per heavy atom. The second-order valence-electron chi connectivity index (χ2n) is 6.27. The van der Waals surface area contributed by atoms with Crippen molar-refractivity contribution in [1.29, 1.82) is 0 Å². The van der Waals surface area contributed by atoms with Gasteiger partial charge in [-0.3, -0.25) is 9.79 Å². The minimum absolute atomic E-state index is 0.0636. The average Bonchev–Trinajstić information content (AvgIpc) is 2.66. The van der Waals surface area contributed by atoms with Gasteiger partial charge in [0.2, 0.25) is 5.91 Å². The fourth-order valence-electron chi connectivity index (χ4n) is 2.83. The van der Waals surface area contributed by atoms with Gasteiger partial charge in [-0.15, -0.1) is 0 Å². The van der Waals surface area contributed by atoms with Gasteiger partial charge in [0.05, 0.1) is 7.11 Å². The molecule has 0 unspecified atom stereocenters. The van der Waals surface area contributed by atoms with Crippen LogP contribution in [0.25, 0.3) is 0 Å². The Bertz CT molecular complexity index is 772. The zero-order valence-corrected chi connectivity index (χ0v) is 16.5. The molecule has 0 radical (unpaired) electrons. The number of carbonyl (C=O) groups excluding carboxylic acids is 1. The first-order valence-electron chi connectivity index (χ1n) is 8.93. The van der Waals surface area contributed by atoms with E-state index in [1.807, 2.05) is 49.5 Å². The van der Waals surface area contributed by atoms with Gasteiger partial charge >= 0.3 is 0 Å². The molecule has 2 aromatic rings. The van der Waals surface area contributed by atoms with E-state index < -0.39 is 0 Å². The van der Waals surface area contributed by atoms with E-state index in [1.165, 1.54) is 12.5 Å². The number of nitrogens with zero attached hydrogens (tertiary/aromatic N) is 2. The zero-order valence-electron chi connectivity index (χ0n) is 16.5. The third-order valence-corrected chi connectivity index (χ3v) is 4.14. The fraction of sp³-hybridized carbons (Fsp3) is 0.333. The minimum Gasteiger partial charge on any atom is -0.496 e. The molecule has 0 bridgehead atoms. The number of carbonyl (C=O) groups is 1. The molecule has 0 aliphatic heterocycles. The third-order valence-electron chi connectivity index (χ3n) is 4.14. The van der Waals surface area contributed by atoms with Gasteiger partial charge < -0.3 is 20.3 Å².